The SMILES string of the molecule is CC(C)C(=O)N1CCc2c(nc(-c3cccc4[nH]ccc34)nc2N2CCOC[C@H]2C)C1. The fourth-order valence-electron chi connectivity index (χ4n) is 4.64. The van der Waals surface area contributed by atoms with Gasteiger partial charge in [0.15, 0.2) is 5.82 Å². The van der Waals surface area contributed by atoms with Crippen molar-refractivity contribution in [3.05, 3.63) is 41.7 Å². The topological polar surface area (TPSA) is 74.4 Å². The number of aromatic amines is 1. The zero-order valence-corrected chi connectivity index (χ0v) is 18.4. The van der Waals surface area contributed by atoms with Gasteiger partial charge >= 0.3 is 0 Å². The van der Waals surface area contributed by atoms with Crippen LogP contribution in [0.25, 0.3) is 22.3 Å². The van der Waals surface area contributed by atoms with Crippen molar-refractivity contribution in [3.8, 4) is 11.4 Å². The Morgan fingerprint density at radius 3 is 2.90 bits per heavy atom. The predicted octanol–water partition coefficient (Wildman–Crippen LogP) is 3.39. The van der Waals surface area contributed by atoms with Gasteiger partial charge in [0.1, 0.15) is 5.82 Å². The molecule has 7 nitrogen and oxygen atoms in total. The van der Waals surface area contributed by atoms with E-state index in [9.17, 15) is 4.79 Å². The van der Waals surface area contributed by atoms with Crippen molar-refractivity contribution >= 4 is 22.6 Å². The molecule has 1 saturated heterocycles. The molecular formula is C24H29N5O2. The zero-order valence-electron chi connectivity index (χ0n) is 18.4. The van der Waals surface area contributed by atoms with Crippen LogP contribution in [0.3, 0.4) is 0 Å². The molecule has 2 aliphatic heterocycles. The molecule has 2 aliphatic rings. The number of fused-ring (bicyclic) bond motifs is 2. The van der Waals surface area contributed by atoms with Gasteiger partial charge in [0.05, 0.1) is 31.5 Å². The van der Waals surface area contributed by atoms with Crippen LogP contribution in [0.4, 0.5) is 5.82 Å². The van der Waals surface area contributed by atoms with E-state index in [1.807, 2.05) is 31.0 Å². The molecule has 0 unspecified atom stereocenters. The Morgan fingerprint density at radius 1 is 1.23 bits per heavy atom. The molecule has 3 aromatic rings. The number of nitrogens with one attached hydrogen (secondary N) is 1. The average Bonchev–Trinajstić information content (AvgIpc) is 3.27. The monoisotopic (exact) mass is 419 g/mol. The number of benzene rings is 1. The smallest absolute Gasteiger partial charge is 0.225 e. The van der Waals surface area contributed by atoms with Crippen molar-refractivity contribution in [2.45, 2.75) is 39.8 Å². The maximum atomic E-state index is 12.7. The highest BCUT2D eigenvalue weighted by Gasteiger charge is 2.31. The van der Waals surface area contributed by atoms with Crippen LogP contribution in [0.1, 0.15) is 32.0 Å². The fourth-order valence-corrected chi connectivity index (χ4v) is 4.64. The summed E-state index contributed by atoms with van der Waals surface area (Å²) in [5.74, 6) is 1.88. The molecule has 4 heterocycles. The van der Waals surface area contributed by atoms with Gasteiger partial charge in [-0.1, -0.05) is 26.0 Å². The summed E-state index contributed by atoms with van der Waals surface area (Å²) in [4.78, 5) is 30.4. The van der Waals surface area contributed by atoms with Crippen LogP contribution in [0.2, 0.25) is 0 Å². The molecule has 7 heteroatoms. The second-order valence-electron chi connectivity index (χ2n) is 8.82. The molecule has 0 aliphatic carbocycles. The highest BCUT2D eigenvalue weighted by atomic mass is 16.5. The zero-order chi connectivity index (χ0) is 21.5. The quantitative estimate of drug-likeness (QED) is 0.704. The van der Waals surface area contributed by atoms with Gasteiger partial charge in [0.25, 0.3) is 0 Å². The van der Waals surface area contributed by atoms with E-state index in [4.69, 9.17) is 14.7 Å². The van der Waals surface area contributed by atoms with Crippen LogP contribution < -0.4 is 4.90 Å². The number of aromatic nitrogens is 3. The second-order valence-corrected chi connectivity index (χ2v) is 8.82. The van der Waals surface area contributed by atoms with Gasteiger partial charge in [0.2, 0.25) is 5.91 Å². The maximum Gasteiger partial charge on any atom is 0.225 e. The summed E-state index contributed by atoms with van der Waals surface area (Å²) in [6, 6.07) is 8.48. The Kier molecular flexibility index (Phi) is 5.14. The minimum Gasteiger partial charge on any atom is -0.377 e. The first-order valence-corrected chi connectivity index (χ1v) is 11.1. The van der Waals surface area contributed by atoms with Crippen LogP contribution in [0.5, 0.6) is 0 Å². The standard InChI is InChI=1S/C24H29N5O2/c1-15(2)24(30)28-10-8-19-21(13-28)26-22(18-5-4-6-20-17(18)7-9-25-20)27-23(19)29-11-12-31-14-16(29)3/h4-7,9,15-16,25H,8,10-14H2,1-3H3/t16-/m1/s1. The van der Waals surface area contributed by atoms with Crippen LogP contribution in [0, 0.1) is 5.92 Å². The molecule has 162 valence electrons. The van der Waals surface area contributed by atoms with Gasteiger partial charge < -0.3 is 19.5 Å². The van der Waals surface area contributed by atoms with E-state index in [0.717, 1.165) is 46.8 Å². The third-order valence-corrected chi connectivity index (χ3v) is 6.32. The number of carbonyl (C=O) groups excluding carboxylic acids is 1. The maximum absolute atomic E-state index is 12.7. The lowest BCUT2D eigenvalue weighted by molar-refractivity contribution is -0.135. The highest BCUT2D eigenvalue weighted by Crippen LogP contribution is 2.33. The number of hydrogen-bond acceptors (Lipinski definition) is 5. The van der Waals surface area contributed by atoms with Crippen molar-refractivity contribution in [3.63, 3.8) is 0 Å². The van der Waals surface area contributed by atoms with E-state index in [2.05, 4.69) is 35.0 Å². The van der Waals surface area contributed by atoms with Crippen molar-refractivity contribution in [1.82, 2.24) is 19.9 Å². The Hall–Kier alpha value is -2.93. The normalized spacial score (nSPS) is 19.2. The van der Waals surface area contributed by atoms with E-state index >= 15 is 0 Å². The molecule has 1 aromatic carbocycles. The lowest BCUT2D eigenvalue weighted by Crippen LogP contribution is -2.46. The second kappa shape index (κ2) is 7.96. The Balaban J connectivity index is 1.64. The number of H-pyrrole nitrogens is 1. The summed E-state index contributed by atoms with van der Waals surface area (Å²) in [7, 11) is 0. The van der Waals surface area contributed by atoms with Crippen molar-refractivity contribution in [2.24, 2.45) is 5.92 Å². The fraction of sp³-hybridized carbons (Fsp3) is 0.458. The summed E-state index contributed by atoms with van der Waals surface area (Å²) >= 11 is 0. The Morgan fingerprint density at radius 2 is 2.10 bits per heavy atom. The van der Waals surface area contributed by atoms with Crippen LogP contribution in [-0.2, 0) is 22.5 Å². The number of rotatable bonds is 3. The summed E-state index contributed by atoms with van der Waals surface area (Å²) < 4.78 is 5.67. The molecule has 0 spiro atoms. The predicted molar refractivity (Wildman–Crippen MR) is 121 cm³/mol. The van der Waals surface area contributed by atoms with E-state index in [1.54, 1.807) is 0 Å². The van der Waals surface area contributed by atoms with Crippen molar-refractivity contribution < 1.29 is 9.53 Å². The molecular weight excluding hydrogens is 390 g/mol. The van der Waals surface area contributed by atoms with E-state index in [1.165, 1.54) is 5.56 Å². The molecule has 5 rings (SSSR count). The summed E-state index contributed by atoms with van der Waals surface area (Å²) in [5, 5.41) is 1.11. The number of morpholine rings is 1. The molecule has 1 fully saturated rings. The number of hydrogen-bond donors (Lipinski definition) is 1. The van der Waals surface area contributed by atoms with Gasteiger partial charge in [-0.05, 0) is 25.5 Å². The lowest BCUT2D eigenvalue weighted by atomic mass is 10.0. The first-order chi connectivity index (χ1) is 15.0. The molecule has 1 atom stereocenters. The van der Waals surface area contributed by atoms with Gasteiger partial charge in [0, 0.05) is 47.2 Å². The minimum atomic E-state index is -0.0183. The summed E-state index contributed by atoms with van der Waals surface area (Å²) in [6.45, 7) is 9.55. The van der Waals surface area contributed by atoms with Gasteiger partial charge in [-0.15, -0.1) is 0 Å². The number of amides is 1. The third kappa shape index (κ3) is 3.57. The molecule has 0 radical (unpaired) electrons. The van der Waals surface area contributed by atoms with Crippen LogP contribution >= 0.6 is 0 Å². The molecule has 2 aromatic heterocycles. The van der Waals surface area contributed by atoms with Gasteiger partial charge in [-0.3, -0.25) is 4.79 Å². The lowest BCUT2D eigenvalue weighted by Gasteiger charge is -2.38. The van der Waals surface area contributed by atoms with E-state index < -0.39 is 0 Å². The van der Waals surface area contributed by atoms with Crippen molar-refractivity contribution in [2.75, 3.05) is 31.2 Å². The highest BCUT2D eigenvalue weighted by molar-refractivity contribution is 5.93. The summed E-state index contributed by atoms with van der Waals surface area (Å²) in [5.41, 5.74) is 4.21. The number of nitrogens with zero attached hydrogens (tertiary/aromatic N) is 4. The Bertz CT molecular complexity index is 1120. The summed E-state index contributed by atoms with van der Waals surface area (Å²) in [6.07, 6.45) is 2.72. The number of carbonyl (C=O) groups is 1. The molecule has 31 heavy (non-hydrogen) atoms. The number of anilines is 1. The van der Waals surface area contributed by atoms with E-state index in [0.29, 0.717) is 26.3 Å². The van der Waals surface area contributed by atoms with Crippen LogP contribution in [-0.4, -0.2) is 58.1 Å². The Labute approximate surface area is 182 Å². The van der Waals surface area contributed by atoms with Crippen LogP contribution in [0.15, 0.2) is 30.5 Å². The van der Waals surface area contributed by atoms with Crippen molar-refractivity contribution in [1.29, 1.82) is 0 Å². The third-order valence-electron chi connectivity index (χ3n) is 6.32. The van der Waals surface area contributed by atoms with Gasteiger partial charge in [-0.25, -0.2) is 9.97 Å². The van der Waals surface area contributed by atoms with E-state index in [-0.39, 0.29) is 17.9 Å². The first-order valence-electron chi connectivity index (χ1n) is 11.1. The average molecular weight is 420 g/mol. The van der Waals surface area contributed by atoms with Gasteiger partial charge in [-0.2, -0.15) is 0 Å². The molecule has 1 amide bonds. The molecule has 1 N–H and O–H groups in total. The molecule has 0 bridgehead atoms. The molecule has 0 saturated carbocycles. The number of ether oxygens (including phenoxy) is 1. The minimum absolute atomic E-state index is 0.0183. The first kappa shape index (κ1) is 20.0. The largest absolute Gasteiger partial charge is 0.377 e.